The molecule has 1 N–H and O–H groups in total. The zero-order valence-electron chi connectivity index (χ0n) is 8.42. The quantitative estimate of drug-likeness (QED) is 0.911. The number of carboxylic acid groups (broad SMARTS) is 1. The molecule has 1 aromatic carbocycles. The van der Waals surface area contributed by atoms with E-state index in [1.165, 1.54) is 12.1 Å². The van der Waals surface area contributed by atoms with E-state index in [0.717, 1.165) is 6.07 Å². The van der Waals surface area contributed by atoms with Crippen molar-refractivity contribution in [1.82, 2.24) is 0 Å². The van der Waals surface area contributed by atoms with Crippen LogP contribution in [0.25, 0.3) is 0 Å². The van der Waals surface area contributed by atoms with Gasteiger partial charge in [-0.3, -0.25) is 0 Å². The van der Waals surface area contributed by atoms with Gasteiger partial charge in [-0.25, -0.2) is 4.79 Å². The molecule has 1 rings (SSSR count). The van der Waals surface area contributed by atoms with Crippen molar-refractivity contribution in [1.29, 1.82) is 0 Å². The first-order chi connectivity index (χ1) is 7.79. The predicted octanol–water partition coefficient (Wildman–Crippen LogP) is 3.37. The molecule has 0 bridgehead atoms. The Balaban J connectivity index is 2.64. The Morgan fingerprint density at radius 3 is 2.53 bits per heavy atom. The minimum absolute atomic E-state index is 0.0286. The highest BCUT2D eigenvalue weighted by Crippen LogP contribution is 2.27. The van der Waals surface area contributed by atoms with Crippen molar-refractivity contribution >= 4 is 17.6 Å². The summed E-state index contributed by atoms with van der Waals surface area (Å²) in [6.45, 7) is -0.560. The van der Waals surface area contributed by atoms with Crippen molar-refractivity contribution in [3.63, 3.8) is 0 Å². The topological polar surface area (TPSA) is 46.5 Å². The second-order valence-corrected chi connectivity index (χ2v) is 3.57. The van der Waals surface area contributed by atoms with Gasteiger partial charge in [0.25, 0.3) is 0 Å². The fourth-order valence-electron chi connectivity index (χ4n) is 1.03. The summed E-state index contributed by atoms with van der Waals surface area (Å²) in [5, 5.41) is 8.60. The molecule has 0 spiro atoms. The lowest BCUT2D eigenvalue weighted by atomic mass is 10.2. The van der Waals surface area contributed by atoms with E-state index in [1.807, 2.05) is 0 Å². The Morgan fingerprint density at radius 2 is 2.06 bits per heavy atom. The average molecular weight is 269 g/mol. The molecule has 0 unspecified atom stereocenters. The molecule has 0 aromatic heterocycles. The zero-order valence-corrected chi connectivity index (χ0v) is 9.18. The van der Waals surface area contributed by atoms with Gasteiger partial charge in [0, 0.05) is 0 Å². The molecule has 0 aliphatic rings. The maximum absolute atomic E-state index is 11.8. The van der Waals surface area contributed by atoms with Gasteiger partial charge in [-0.05, 0) is 18.2 Å². The second kappa shape index (κ2) is 5.27. The highest BCUT2D eigenvalue weighted by atomic mass is 35.5. The Labute approximate surface area is 99.8 Å². The van der Waals surface area contributed by atoms with Crippen LogP contribution in [0.2, 0.25) is 5.02 Å². The smallest absolute Gasteiger partial charge is 0.392 e. The van der Waals surface area contributed by atoms with E-state index in [-0.39, 0.29) is 16.3 Å². The van der Waals surface area contributed by atoms with Crippen molar-refractivity contribution in [2.45, 2.75) is 12.6 Å². The van der Waals surface area contributed by atoms with Gasteiger partial charge in [0.1, 0.15) is 5.75 Å². The van der Waals surface area contributed by atoms with E-state index in [9.17, 15) is 18.0 Å². The van der Waals surface area contributed by atoms with Crippen molar-refractivity contribution in [3.05, 3.63) is 28.8 Å². The predicted molar refractivity (Wildman–Crippen MR) is 54.6 cm³/mol. The lowest BCUT2D eigenvalue weighted by Crippen LogP contribution is -2.13. The SMILES string of the molecule is O=C(O)c1ccc(OCCC(F)(F)F)c(Cl)c1. The third-order valence-corrected chi connectivity index (χ3v) is 2.12. The molecule has 1 aromatic rings. The molecule has 17 heavy (non-hydrogen) atoms. The maximum atomic E-state index is 11.8. The average Bonchev–Trinajstić information content (AvgIpc) is 2.18. The van der Waals surface area contributed by atoms with Crippen LogP contribution in [0, 0.1) is 0 Å². The van der Waals surface area contributed by atoms with Crippen LogP contribution in [0.3, 0.4) is 0 Å². The minimum atomic E-state index is -4.30. The highest BCUT2D eigenvalue weighted by molar-refractivity contribution is 6.32. The number of alkyl halides is 3. The monoisotopic (exact) mass is 268 g/mol. The Morgan fingerprint density at radius 1 is 1.41 bits per heavy atom. The van der Waals surface area contributed by atoms with Gasteiger partial charge in [0.15, 0.2) is 0 Å². The van der Waals surface area contributed by atoms with E-state index in [4.69, 9.17) is 21.4 Å². The number of halogens is 4. The Bertz CT molecular complexity index is 418. The molecule has 0 fully saturated rings. The molecule has 7 heteroatoms. The number of carbonyl (C=O) groups is 1. The summed E-state index contributed by atoms with van der Waals surface area (Å²) in [5.74, 6) is -1.14. The Kier molecular flexibility index (Phi) is 4.22. The molecule has 0 saturated heterocycles. The third-order valence-electron chi connectivity index (χ3n) is 1.82. The van der Waals surface area contributed by atoms with Crippen LogP contribution in [0.5, 0.6) is 5.75 Å². The molecule has 0 atom stereocenters. The van der Waals surface area contributed by atoms with Crippen molar-refractivity contribution < 1.29 is 27.8 Å². The summed E-state index contributed by atoms with van der Waals surface area (Å²) >= 11 is 5.65. The fourth-order valence-corrected chi connectivity index (χ4v) is 1.26. The van der Waals surface area contributed by atoms with Gasteiger partial charge in [-0.15, -0.1) is 0 Å². The van der Waals surface area contributed by atoms with E-state index >= 15 is 0 Å². The molecule has 0 aliphatic carbocycles. The zero-order chi connectivity index (χ0) is 13.1. The normalized spacial score (nSPS) is 11.3. The first-order valence-corrected chi connectivity index (χ1v) is 4.90. The van der Waals surface area contributed by atoms with Gasteiger partial charge < -0.3 is 9.84 Å². The van der Waals surface area contributed by atoms with Crippen LogP contribution in [-0.2, 0) is 0 Å². The number of hydrogen-bond donors (Lipinski definition) is 1. The largest absolute Gasteiger partial charge is 0.492 e. The van der Waals surface area contributed by atoms with E-state index < -0.39 is 25.2 Å². The number of ether oxygens (including phenoxy) is 1. The fraction of sp³-hybridized carbons (Fsp3) is 0.300. The van der Waals surface area contributed by atoms with Gasteiger partial charge in [-0.1, -0.05) is 11.6 Å². The van der Waals surface area contributed by atoms with E-state index in [0.29, 0.717) is 0 Å². The molecule has 0 heterocycles. The Hall–Kier alpha value is -1.43. The van der Waals surface area contributed by atoms with Crippen LogP contribution in [-0.4, -0.2) is 23.9 Å². The summed E-state index contributed by atoms with van der Waals surface area (Å²) < 4.78 is 40.3. The number of hydrogen-bond acceptors (Lipinski definition) is 2. The number of benzene rings is 1. The summed E-state index contributed by atoms with van der Waals surface area (Å²) in [7, 11) is 0. The molecule has 0 radical (unpaired) electrons. The molecular weight excluding hydrogens is 261 g/mol. The van der Waals surface area contributed by atoms with Gasteiger partial charge >= 0.3 is 12.1 Å². The molecule has 0 amide bonds. The van der Waals surface area contributed by atoms with Crippen molar-refractivity contribution in [3.8, 4) is 5.75 Å². The lowest BCUT2D eigenvalue weighted by molar-refractivity contribution is -0.139. The van der Waals surface area contributed by atoms with Crippen LogP contribution in [0.15, 0.2) is 18.2 Å². The standard InChI is InChI=1S/C10H8ClF3O3/c11-7-5-6(9(15)16)1-2-8(7)17-4-3-10(12,13)14/h1-2,5H,3-4H2,(H,15,16). The number of carboxylic acids is 1. The first kappa shape index (κ1) is 13.6. The van der Waals surface area contributed by atoms with Gasteiger partial charge in [0.05, 0.1) is 23.6 Å². The molecule has 0 saturated carbocycles. The van der Waals surface area contributed by atoms with Crippen molar-refractivity contribution in [2.24, 2.45) is 0 Å². The van der Waals surface area contributed by atoms with Gasteiger partial charge in [-0.2, -0.15) is 13.2 Å². The number of aromatic carboxylic acids is 1. The summed E-state index contributed by atoms with van der Waals surface area (Å²) in [6, 6.07) is 3.55. The minimum Gasteiger partial charge on any atom is -0.492 e. The molecule has 0 aliphatic heterocycles. The van der Waals surface area contributed by atoms with Crippen LogP contribution >= 0.6 is 11.6 Å². The lowest BCUT2D eigenvalue weighted by Gasteiger charge is -2.10. The third kappa shape index (κ3) is 4.52. The maximum Gasteiger partial charge on any atom is 0.392 e. The molecule has 94 valence electrons. The summed E-state index contributed by atoms with van der Waals surface area (Å²) in [6.07, 6.45) is -5.39. The van der Waals surface area contributed by atoms with Crippen molar-refractivity contribution in [2.75, 3.05) is 6.61 Å². The summed E-state index contributed by atoms with van der Waals surface area (Å²) in [5.41, 5.74) is -0.0572. The number of rotatable bonds is 4. The van der Waals surface area contributed by atoms with E-state index in [1.54, 1.807) is 0 Å². The van der Waals surface area contributed by atoms with Gasteiger partial charge in [0.2, 0.25) is 0 Å². The second-order valence-electron chi connectivity index (χ2n) is 3.16. The van der Waals surface area contributed by atoms with E-state index in [2.05, 4.69) is 0 Å². The van der Waals surface area contributed by atoms with Crippen LogP contribution < -0.4 is 4.74 Å². The highest BCUT2D eigenvalue weighted by Gasteiger charge is 2.27. The van der Waals surface area contributed by atoms with Crippen LogP contribution in [0.4, 0.5) is 13.2 Å². The summed E-state index contributed by atoms with van der Waals surface area (Å²) in [4.78, 5) is 10.6. The first-order valence-electron chi connectivity index (χ1n) is 4.52. The van der Waals surface area contributed by atoms with Crippen LogP contribution in [0.1, 0.15) is 16.8 Å². The molecule has 3 nitrogen and oxygen atoms in total. The molecular formula is C10H8ClF3O3.